The Morgan fingerprint density at radius 1 is 1.37 bits per heavy atom. The average molecular weight is 301 g/mol. The molecule has 1 atom stereocenters. The van der Waals surface area contributed by atoms with Gasteiger partial charge in [-0.25, -0.2) is 13.1 Å². The van der Waals surface area contributed by atoms with Crippen LogP contribution < -0.4 is 4.72 Å². The van der Waals surface area contributed by atoms with E-state index in [0.717, 1.165) is 11.0 Å². The molecule has 0 spiro atoms. The van der Waals surface area contributed by atoms with Gasteiger partial charge in [0.25, 0.3) is 0 Å². The Kier molecular flexibility index (Phi) is 6.06. The molecule has 4 nitrogen and oxygen atoms in total. The number of sulfonamides is 1. The lowest BCUT2D eigenvalue weighted by Gasteiger charge is -2.21. The first-order valence-corrected chi connectivity index (χ1v) is 8.73. The van der Waals surface area contributed by atoms with Gasteiger partial charge in [0, 0.05) is 17.7 Å². The second kappa shape index (κ2) is 7.09. The van der Waals surface area contributed by atoms with E-state index in [1.54, 1.807) is 6.92 Å². The van der Waals surface area contributed by atoms with Crippen molar-refractivity contribution in [3.05, 3.63) is 41.3 Å². The summed E-state index contributed by atoms with van der Waals surface area (Å²) < 4.78 is 25.9. The van der Waals surface area contributed by atoms with Crippen LogP contribution in [0.25, 0.3) is 6.08 Å². The Bertz CT molecular complexity index is 510. The van der Waals surface area contributed by atoms with Gasteiger partial charge in [0.1, 0.15) is 0 Å². The summed E-state index contributed by atoms with van der Waals surface area (Å²) in [5.41, 5.74) is -0.240. The van der Waals surface area contributed by atoms with Gasteiger partial charge in [-0.2, -0.15) is 11.8 Å². The first-order chi connectivity index (χ1) is 8.85. The van der Waals surface area contributed by atoms with Crippen LogP contribution in [0, 0.1) is 0 Å². The molecular formula is C13H19NO3S2. The fraction of sp³-hybridized carbons (Fsp3) is 0.385. The normalized spacial score (nSPS) is 15.5. The molecule has 0 saturated heterocycles. The molecule has 106 valence electrons. The zero-order valence-electron chi connectivity index (χ0n) is 11.0. The molecule has 1 aromatic carbocycles. The number of benzene rings is 1. The van der Waals surface area contributed by atoms with Crippen molar-refractivity contribution in [3.8, 4) is 0 Å². The highest BCUT2D eigenvalue weighted by Crippen LogP contribution is 2.10. The standard InChI is InChI=1S/C13H19NO3S2/c1-13(15,11-18-2)10-14-19(16,17)9-8-12-6-4-3-5-7-12/h3-9,14-15H,10-11H2,1-2H3/b9-8+. The van der Waals surface area contributed by atoms with E-state index < -0.39 is 15.6 Å². The Balaban J connectivity index is 2.60. The van der Waals surface area contributed by atoms with Crippen LogP contribution in [-0.2, 0) is 10.0 Å². The largest absolute Gasteiger partial charge is 0.388 e. The maximum Gasteiger partial charge on any atom is 0.233 e. The van der Waals surface area contributed by atoms with E-state index in [9.17, 15) is 13.5 Å². The van der Waals surface area contributed by atoms with Gasteiger partial charge in [-0.1, -0.05) is 30.3 Å². The minimum absolute atomic E-state index is 0.00466. The van der Waals surface area contributed by atoms with Crippen molar-refractivity contribution in [1.29, 1.82) is 0 Å². The number of hydrogen-bond acceptors (Lipinski definition) is 4. The van der Waals surface area contributed by atoms with Gasteiger partial charge in [-0.3, -0.25) is 0 Å². The lowest BCUT2D eigenvalue weighted by Crippen LogP contribution is -2.41. The van der Waals surface area contributed by atoms with Crippen LogP contribution in [0.3, 0.4) is 0 Å². The molecule has 0 aliphatic carbocycles. The van der Waals surface area contributed by atoms with E-state index in [0.29, 0.717) is 5.75 Å². The van der Waals surface area contributed by atoms with Crippen LogP contribution in [0.15, 0.2) is 35.7 Å². The summed E-state index contributed by atoms with van der Waals surface area (Å²) in [6, 6.07) is 9.17. The summed E-state index contributed by atoms with van der Waals surface area (Å²) in [6.07, 6.45) is 3.38. The predicted molar refractivity (Wildman–Crippen MR) is 81.4 cm³/mol. The summed E-state index contributed by atoms with van der Waals surface area (Å²) in [5.74, 6) is 0.470. The fourth-order valence-corrected chi connectivity index (χ4v) is 3.07. The number of rotatable bonds is 7. The number of hydrogen-bond donors (Lipinski definition) is 2. The van der Waals surface area contributed by atoms with Gasteiger partial charge in [0.2, 0.25) is 10.0 Å². The van der Waals surface area contributed by atoms with Crippen LogP contribution in [0.4, 0.5) is 0 Å². The van der Waals surface area contributed by atoms with Crippen LogP contribution in [0.2, 0.25) is 0 Å². The van der Waals surface area contributed by atoms with Gasteiger partial charge in [-0.05, 0) is 24.8 Å². The van der Waals surface area contributed by atoms with E-state index in [2.05, 4.69) is 4.72 Å². The van der Waals surface area contributed by atoms with Crippen molar-refractivity contribution < 1.29 is 13.5 Å². The van der Waals surface area contributed by atoms with Gasteiger partial charge in [0.15, 0.2) is 0 Å². The minimum Gasteiger partial charge on any atom is -0.388 e. The maximum absolute atomic E-state index is 11.7. The van der Waals surface area contributed by atoms with Gasteiger partial charge in [0.05, 0.1) is 5.60 Å². The molecule has 2 N–H and O–H groups in total. The first kappa shape index (κ1) is 16.2. The van der Waals surface area contributed by atoms with Crippen molar-refractivity contribution in [2.75, 3.05) is 18.6 Å². The highest BCUT2D eigenvalue weighted by atomic mass is 32.2. The lowest BCUT2D eigenvalue weighted by molar-refractivity contribution is 0.0909. The van der Waals surface area contributed by atoms with Gasteiger partial charge < -0.3 is 5.11 Å². The zero-order chi connectivity index (χ0) is 14.4. The second-order valence-electron chi connectivity index (χ2n) is 4.51. The quantitative estimate of drug-likeness (QED) is 0.804. The van der Waals surface area contributed by atoms with E-state index >= 15 is 0 Å². The Labute approximate surface area is 119 Å². The van der Waals surface area contributed by atoms with Gasteiger partial charge in [-0.15, -0.1) is 0 Å². The molecule has 0 bridgehead atoms. The monoisotopic (exact) mass is 301 g/mol. The SMILES string of the molecule is CSCC(C)(O)CNS(=O)(=O)/C=C/c1ccccc1. The smallest absolute Gasteiger partial charge is 0.233 e. The maximum atomic E-state index is 11.7. The van der Waals surface area contributed by atoms with E-state index in [1.165, 1.54) is 17.8 Å². The molecule has 0 amide bonds. The van der Waals surface area contributed by atoms with Gasteiger partial charge >= 0.3 is 0 Å². The number of nitrogens with one attached hydrogen (secondary N) is 1. The molecular weight excluding hydrogens is 282 g/mol. The Hall–Kier alpha value is -0.820. The summed E-state index contributed by atoms with van der Waals surface area (Å²) >= 11 is 1.47. The molecule has 0 heterocycles. The molecule has 0 aliphatic rings. The van der Waals surface area contributed by atoms with Crippen LogP contribution in [0.1, 0.15) is 12.5 Å². The third kappa shape index (κ3) is 6.77. The molecule has 0 aromatic heterocycles. The van der Waals surface area contributed by atoms with Crippen molar-refractivity contribution >= 4 is 27.9 Å². The zero-order valence-corrected chi connectivity index (χ0v) is 12.7. The summed E-state index contributed by atoms with van der Waals surface area (Å²) in [6.45, 7) is 1.60. The molecule has 1 aromatic rings. The van der Waals surface area contributed by atoms with E-state index in [4.69, 9.17) is 0 Å². The van der Waals surface area contributed by atoms with Crippen LogP contribution in [-0.4, -0.2) is 37.7 Å². The Morgan fingerprint density at radius 2 is 2.00 bits per heavy atom. The number of thioether (sulfide) groups is 1. The molecule has 19 heavy (non-hydrogen) atoms. The summed E-state index contributed by atoms with van der Waals surface area (Å²) in [7, 11) is -3.53. The highest BCUT2D eigenvalue weighted by molar-refractivity contribution is 7.98. The molecule has 1 rings (SSSR count). The minimum atomic E-state index is -3.53. The van der Waals surface area contributed by atoms with E-state index in [-0.39, 0.29) is 6.54 Å². The fourth-order valence-electron chi connectivity index (χ4n) is 1.40. The van der Waals surface area contributed by atoms with E-state index in [1.807, 2.05) is 36.6 Å². The molecule has 1 unspecified atom stereocenters. The Morgan fingerprint density at radius 3 is 2.58 bits per heavy atom. The van der Waals surface area contributed by atoms with Crippen LogP contribution in [0.5, 0.6) is 0 Å². The number of aliphatic hydroxyl groups is 1. The van der Waals surface area contributed by atoms with Crippen molar-refractivity contribution in [2.24, 2.45) is 0 Å². The molecule has 0 saturated carbocycles. The van der Waals surface area contributed by atoms with Crippen molar-refractivity contribution in [1.82, 2.24) is 4.72 Å². The van der Waals surface area contributed by atoms with Crippen LogP contribution >= 0.6 is 11.8 Å². The van der Waals surface area contributed by atoms with Crippen molar-refractivity contribution in [3.63, 3.8) is 0 Å². The lowest BCUT2D eigenvalue weighted by atomic mass is 10.1. The predicted octanol–water partition coefficient (Wildman–Crippen LogP) is 1.69. The average Bonchev–Trinajstić information content (AvgIpc) is 2.36. The topological polar surface area (TPSA) is 66.4 Å². The second-order valence-corrected chi connectivity index (χ2v) is 7.03. The molecule has 0 radical (unpaired) electrons. The molecule has 0 aliphatic heterocycles. The summed E-state index contributed by atoms with van der Waals surface area (Å²) in [4.78, 5) is 0. The third-order valence-electron chi connectivity index (χ3n) is 2.35. The molecule has 0 fully saturated rings. The summed E-state index contributed by atoms with van der Waals surface area (Å²) in [5, 5.41) is 11.0. The highest BCUT2D eigenvalue weighted by Gasteiger charge is 2.21. The molecule has 6 heteroatoms. The third-order valence-corrected chi connectivity index (χ3v) is 4.30. The van der Waals surface area contributed by atoms with Crippen molar-refractivity contribution in [2.45, 2.75) is 12.5 Å². The first-order valence-electron chi connectivity index (χ1n) is 5.79.